The molecule has 4 atom stereocenters. The highest BCUT2D eigenvalue weighted by molar-refractivity contribution is 6.07. The summed E-state index contributed by atoms with van der Waals surface area (Å²) < 4.78 is 1.74. The second kappa shape index (κ2) is 13.8. The van der Waals surface area contributed by atoms with Crippen molar-refractivity contribution in [3.63, 3.8) is 0 Å². The molecule has 3 aromatic carbocycles. The number of aliphatic hydroxyl groups excluding tert-OH is 1. The topological polar surface area (TPSA) is 133 Å². The molecule has 238 valence electrons. The number of para-hydroxylation sites is 1. The van der Waals surface area contributed by atoms with Gasteiger partial charge in [0.15, 0.2) is 5.60 Å². The number of carbonyl (C=O) groups is 2. The number of nitrogens with one attached hydrogen (secondary N) is 2. The summed E-state index contributed by atoms with van der Waals surface area (Å²) in [6.45, 7) is 3.50. The molecule has 10 nitrogen and oxygen atoms in total. The third-order valence-corrected chi connectivity index (χ3v) is 9.02. The minimum atomic E-state index is -1.71. The highest BCUT2D eigenvalue weighted by Crippen LogP contribution is 2.45. The Balaban J connectivity index is 1.09. The van der Waals surface area contributed by atoms with Crippen molar-refractivity contribution >= 4 is 23.2 Å². The van der Waals surface area contributed by atoms with E-state index in [0.717, 1.165) is 30.5 Å². The van der Waals surface area contributed by atoms with E-state index < -0.39 is 11.5 Å². The molecule has 2 aliphatic heterocycles. The van der Waals surface area contributed by atoms with Crippen molar-refractivity contribution < 1.29 is 19.8 Å². The third kappa shape index (κ3) is 6.37. The zero-order chi connectivity index (χ0) is 32.1. The van der Waals surface area contributed by atoms with E-state index in [1.54, 1.807) is 9.58 Å². The number of hydrogen-bond acceptors (Lipinski definition) is 7. The van der Waals surface area contributed by atoms with Gasteiger partial charge in [0.25, 0.3) is 5.91 Å². The van der Waals surface area contributed by atoms with Crippen LogP contribution in [0.2, 0.25) is 0 Å². The van der Waals surface area contributed by atoms with E-state index >= 15 is 0 Å². The summed E-state index contributed by atoms with van der Waals surface area (Å²) in [7, 11) is 0. The first-order chi connectivity index (χ1) is 22.4. The Hall–Kier alpha value is -4.64. The molecule has 4 N–H and O–H groups in total. The number of aryl methyl sites for hydroxylation is 1. The molecule has 1 aromatic heterocycles. The van der Waals surface area contributed by atoms with Crippen LogP contribution in [0.1, 0.15) is 54.5 Å². The third-order valence-electron chi connectivity index (χ3n) is 9.02. The van der Waals surface area contributed by atoms with Gasteiger partial charge in [0, 0.05) is 29.9 Å². The van der Waals surface area contributed by atoms with Gasteiger partial charge in [-0.15, -0.1) is 5.10 Å². The Morgan fingerprint density at radius 1 is 1.11 bits per heavy atom. The quantitative estimate of drug-likeness (QED) is 0.175. The monoisotopic (exact) mass is 620 g/mol. The van der Waals surface area contributed by atoms with Gasteiger partial charge >= 0.3 is 0 Å². The van der Waals surface area contributed by atoms with Crippen LogP contribution in [0.25, 0.3) is 0 Å². The minimum Gasteiger partial charge on any atom is -0.395 e. The highest BCUT2D eigenvalue weighted by Gasteiger charge is 2.52. The summed E-state index contributed by atoms with van der Waals surface area (Å²) in [6.07, 6.45) is 8.14. The number of benzene rings is 3. The Labute approximate surface area is 268 Å². The Kier molecular flexibility index (Phi) is 9.39. The van der Waals surface area contributed by atoms with Crippen molar-refractivity contribution in [3.8, 4) is 0 Å². The average Bonchev–Trinajstić information content (AvgIpc) is 3.83. The maximum Gasteiger partial charge on any atom is 0.264 e. The molecule has 4 aromatic rings. The Morgan fingerprint density at radius 3 is 2.61 bits per heavy atom. The fourth-order valence-corrected chi connectivity index (χ4v) is 6.36. The van der Waals surface area contributed by atoms with Gasteiger partial charge in [0.1, 0.15) is 0 Å². The summed E-state index contributed by atoms with van der Waals surface area (Å²) in [5.41, 5.74) is 2.84. The lowest BCUT2D eigenvalue weighted by atomic mass is 9.83. The van der Waals surface area contributed by atoms with E-state index in [-0.39, 0.29) is 30.4 Å². The molecule has 0 bridgehead atoms. The molecule has 0 radical (unpaired) electrons. The molecular weight excluding hydrogens is 580 g/mol. The lowest BCUT2D eigenvalue weighted by molar-refractivity contribution is -0.139. The largest absolute Gasteiger partial charge is 0.395 e. The van der Waals surface area contributed by atoms with Crippen molar-refractivity contribution in [1.82, 2.24) is 20.3 Å². The number of hydrogen-bond donors (Lipinski definition) is 4. The molecule has 1 saturated heterocycles. The predicted molar refractivity (Wildman–Crippen MR) is 176 cm³/mol. The van der Waals surface area contributed by atoms with Gasteiger partial charge in [0.05, 0.1) is 36.5 Å². The van der Waals surface area contributed by atoms with E-state index in [1.807, 2.05) is 104 Å². The standard InChI is InChI=1S/C36H40N6O4/c1-25(10-7-8-21-41-23-32(39-40-41)29(24-43)27-11-3-2-4-12-27)36(46)30-13-5-6-15-33(30)42(35(36)45)22-26-16-18-28(19-17-26)38-34(44)31-14-9-20-37-31/h2-7,10-13,15-19,23,25,29,31,37,43,46H,8-9,14,20-22,24H2,1H3,(H,38,44)/b10-7+/t25-,29?,31-,36+/m1/s1. The van der Waals surface area contributed by atoms with Crippen LogP contribution in [0.4, 0.5) is 11.4 Å². The smallest absolute Gasteiger partial charge is 0.264 e. The number of anilines is 2. The molecule has 2 aliphatic rings. The zero-order valence-corrected chi connectivity index (χ0v) is 25.9. The van der Waals surface area contributed by atoms with Gasteiger partial charge < -0.3 is 25.7 Å². The summed E-state index contributed by atoms with van der Waals surface area (Å²) >= 11 is 0. The van der Waals surface area contributed by atoms with Crippen LogP contribution in [0.3, 0.4) is 0 Å². The predicted octanol–water partition coefficient (Wildman–Crippen LogP) is 4.11. The van der Waals surface area contributed by atoms with Crippen LogP contribution < -0.4 is 15.5 Å². The highest BCUT2D eigenvalue weighted by atomic mass is 16.3. The van der Waals surface area contributed by atoms with Gasteiger partial charge in [-0.2, -0.15) is 0 Å². The SMILES string of the molecule is C[C@H](/C=C/CCn1cc(C(CO)c2ccccc2)nn1)[C@@]1(O)C(=O)N(Cc2ccc(NC(=O)[C@H]3CCCN3)cc2)c2ccccc21. The first kappa shape index (κ1) is 31.3. The molecule has 3 heterocycles. The number of rotatable bonds is 12. The molecular formula is C36H40N6O4. The molecule has 0 saturated carbocycles. The zero-order valence-electron chi connectivity index (χ0n) is 25.9. The second-order valence-electron chi connectivity index (χ2n) is 12.1. The summed E-state index contributed by atoms with van der Waals surface area (Å²) in [5.74, 6) is -1.14. The molecule has 1 fully saturated rings. The van der Waals surface area contributed by atoms with E-state index in [0.29, 0.717) is 42.1 Å². The maximum absolute atomic E-state index is 13.9. The lowest BCUT2D eigenvalue weighted by Gasteiger charge is -2.27. The van der Waals surface area contributed by atoms with E-state index in [1.165, 1.54) is 0 Å². The second-order valence-corrected chi connectivity index (χ2v) is 12.1. The summed E-state index contributed by atoms with van der Waals surface area (Å²) in [4.78, 5) is 28.0. The van der Waals surface area contributed by atoms with Gasteiger partial charge in [-0.3, -0.25) is 14.3 Å². The van der Waals surface area contributed by atoms with Gasteiger partial charge in [-0.05, 0) is 55.1 Å². The number of fused-ring (bicyclic) bond motifs is 1. The number of allylic oxidation sites excluding steroid dienone is 1. The van der Waals surface area contributed by atoms with E-state index in [4.69, 9.17) is 0 Å². The molecule has 2 amide bonds. The first-order valence-electron chi connectivity index (χ1n) is 15.9. The molecule has 0 aliphatic carbocycles. The summed E-state index contributed by atoms with van der Waals surface area (Å²) in [5, 5.41) is 36.6. The number of amides is 2. The van der Waals surface area contributed by atoms with Crippen molar-refractivity contribution in [1.29, 1.82) is 0 Å². The lowest BCUT2D eigenvalue weighted by Crippen LogP contribution is -2.44. The molecule has 6 rings (SSSR count). The van der Waals surface area contributed by atoms with Crippen LogP contribution >= 0.6 is 0 Å². The van der Waals surface area contributed by atoms with Crippen LogP contribution in [0.5, 0.6) is 0 Å². The van der Waals surface area contributed by atoms with Crippen molar-refractivity contribution in [2.24, 2.45) is 5.92 Å². The van der Waals surface area contributed by atoms with Crippen LogP contribution in [0.15, 0.2) is 97.2 Å². The van der Waals surface area contributed by atoms with Gasteiger partial charge in [0.2, 0.25) is 5.91 Å². The average molecular weight is 621 g/mol. The van der Waals surface area contributed by atoms with E-state index in [2.05, 4.69) is 20.9 Å². The fourth-order valence-electron chi connectivity index (χ4n) is 6.36. The van der Waals surface area contributed by atoms with E-state index in [9.17, 15) is 19.8 Å². The minimum absolute atomic E-state index is 0.0366. The van der Waals surface area contributed by atoms with Crippen molar-refractivity contribution in [2.45, 2.75) is 56.8 Å². The number of aromatic nitrogens is 3. The first-order valence-corrected chi connectivity index (χ1v) is 15.9. The van der Waals surface area contributed by atoms with Crippen molar-refractivity contribution in [2.75, 3.05) is 23.4 Å². The van der Waals surface area contributed by atoms with Crippen LogP contribution in [-0.4, -0.2) is 56.2 Å². The molecule has 0 spiro atoms. The van der Waals surface area contributed by atoms with Crippen LogP contribution in [-0.2, 0) is 28.3 Å². The summed E-state index contributed by atoms with van der Waals surface area (Å²) in [6, 6.07) is 24.4. The number of nitrogens with zero attached hydrogens (tertiary/aromatic N) is 4. The van der Waals surface area contributed by atoms with Crippen molar-refractivity contribution in [3.05, 3.63) is 120 Å². The normalized spacial score (nSPS) is 20.6. The fraction of sp³-hybridized carbons (Fsp3) is 0.333. The Bertz CT molecular complexity index is 1680. The van der Waals surface area contributed by atoms with Gasteiger partial charge in [-0.1, -0.05) is 85.0 Å². The molecule has 10 heteroatoms. The Morgan fingerprint density at radius 2 is 1.87 bits per heavy atom. The number of carbonyl (C=O) groups excluding carboxylic acids is 2. The number of aliphatic hydroxyl groups is 2. The maximum atomic E-state index is 13.9. The van der Waals surface area contributed by atoms with Crippen LogP contribution in [0, 0.1) is 5.92 Å². The molecule has 46 heavy (non-hydrogen) atoms. The molecule has 1 unspecified atom stereocenters. The van der Waals surface area contributed by atoms with Gasteiger partial charge in [-0.25, -0.2) is 0 Å².